The molecular weight excluding hydrogens is 248 g/mol. The van der Waals surface area contributed by atoms with Crippen molar-refractivity contribution < 1.29 is 4.74 Å². The fourth-order valence-corrected chi connectivity index (χ4v) is 3.03. The fourth-order valence-electron chi connectivity index (χ4n) is 1.83. The van der Waals surface area contributed by atoms with Crippen LogP contribution in [0.25, 0.3) is 0 Å². The second-order valence-electron chi connectivity index (χ2n) is 4.69. The first-order valence-corrected chi connectivity index (χ1v) is 7.12. The lowest BCUT2D eigenvalue weighted by Gasteiger charge is -2.28. The fraction of sp³-hybridized carbons (Fsp3) is 0.667. The molecule has 0 aliphatic carbocycles. The predicted octanol–water partition coefficient (Wildman–Crippen LogP) is 2.50. The molecule has 0 spiro atoms. The number of ether oxygens (including phenoxy) is 1. The van der Waals surface area contributed by atoms with Crippen molar-refractivity contribution >= 4 is 22.7 Å². The van der Waals surface area contributed by atoms with Crippen LogP contribution >= 0.6 is 11.8 Å². The van der Waals surface area contributed by atoms with Crippen molar-refractivity contribution in [3.63, 3.8) is 0 Å². The lowest BCUT2D eigenvalue weighted by molar-refractivity contribution is 0.373. The topological polar surface area (TPSA) is 51.4 Å². The molecule has 2 rings (SSSR count). The minimum absolute atomic E-state index is 0.0620. The van der Waals surface area contributed by atoms with E-state index in [2.05, 4.69) is 24.3 Å². The summed E-state index contributed by atoms with van der Waals surface area (Å²) >= 11 is 1.75. The molecule has 0 saturated carbocycles. The highest BCUT2D eigenvalue weighted by Gasteiger charge is 2.26. The Morgan fingerprint density at radius 2 is 2.39 bits per heavy atom. The number of anilines is 1. The molecule has 0 bridgehead atoms. The highest BCUT2D eigenvalue weighted by molar-refractivity contribution is 8.14. The molecule has 0 aromatic carbocycles. The third kappa shape index (κ3) is 2.80. The molecule has 0 fully saturated rings. The van der Waals surface area contributed by atoms with Crippen LogP contribution in [0.5, 0.6) is 5.88 Å². The van der Waals surface area contributed by atoms with Gasteiger partial charge in [0, 0.05) is 18.9 Å². The van der Waals surface area contributed by atoms with Gasteiger partial charge in [-0.05, 0) is 19.8 Å². The third-order valence-electron chi connectivity index (χ3n) is 3.29. The predicted molar refractivity (Wildman–Crippen MR) is 76.6 cm³/mol. The molecule has 1 aromatic heterocycles. The minimum atomic E-state index is 0.0620. The summed E-state index contributed by atoms with van der Waals surface area (Å²) in [4.78, 5) is 4.77. The number of aliphatic imine (C=N–C) groups is 1. The van der Waals surface area contributed by atoms with Crippen molar-refractivity contribution in [1.82, 2.24) is 9.78 Å². The average molecular weight is 268 g/mol. The molecule has 0 radical (unpaired) electrons. The van der Waals surface area contributed by atoms with Crippen LogP contribution in [-0.2, 0) is 7.05 Å². The Morgan fingerprint density at radius 1 is 1.61 bits per heavy atom. The Labute approximate surface area is 112 Å². The summed E-state index contributed by atoms with van der Waals surface area (Å²) in [7, 11) is 3.50. The van der Waals surface area contributed by atoms with Crippen molar-refractivity contribution in [3.05, 3.63) is 6.07 Å². The summed E-state index contributed by atoms with van der Waals surface area (Å²) in [5, 5.41) is 8.55. The first kappa shape index (κ1) is 13.3. The lowest BCUT2D eigenvalue weighted by Crippen LogP contribution is -2.29. The van der Waals surface area contributed by atoms with Gasteiger partial charge in [0.25, 0.3) is 0 Å². The number of thioether (sulfide) groups is 1. The summed E-state index contributed by atoms with van der Waals surface area (Å²) in [6, 6.07) is 1.88. The Balaban J connectivity index is 2.13. The molecule has 0 amide bonds. The van der Waals surface area contributed by atoms with Crippen molar-refractivity contribution in [3.8, 4) is 5.88 Å². The molecule has 1 atom stereocenters. The van der Waals surface area contributed by atoms with Crippen molar-refractivity contribution in [2.45, 2.75) is 32.2 Å². The molecule has 100 valence electrons. The van der Waals surface area contributed by atoms with E-state index in [0.717, 1.165) is 35.5 Å². The van der Waals surface area contributed by atoms with Crippen LogP contribution in [-0.4, -0.2) is 33.3 Å². The zero-order chi connectivity index (χ0) is 13.2. The second kappa shape index (κ2) is 5.22. The Morgan fingerprint density at radius 3 is 3.00 bits per heavy atom. The van der Waals surface area contributed by atoms with E-state index in [-0.39, 0.29) is 5.54 Å². The number of aromatic nitrogens is 2. The Kier molecular flexibility index (Phi) is 3.85. The summed E-state index contributed by atoms with van der Waals surface area (Å²) < 4.78 is 6.89. The van der Waals surface area contributed by atoms with Gasteiger partial charge >= 0.3 is 0 Å². The summed E-state index contributed by atoms with van der Waals surface area (Å²) in [6.07, 6.45) is 2.19. The van der Waals surface area contributed by atoms with Crippen molar-refractivity contribution in [2.24, 2.45) is 12.0 Å². The Hall–Kier alpha value is -1.17. The molecule has 1 N–H and O–H groups in total. The van der Waals surface area contributed by atoms with E-state index in [4.69, 9.17) is 9.73 Å². The van der Waals surface area contributed by atoms with E-state index in [0.29, 0.717) is 0 Å². The molecule has 0 saturated heterocycles. The van der Waals surface area contributed by atoms with Gasteiger partial charge in [0.05, 0.1) is 12.6 Å². The number of aryl methyl sites for hydroxylation is 1. The van der Waals surface area contributed by atoms with E-state index in [1.807, 2.05) is 13.1 Å². The molecule has 6 heteroatoms. The van der Waals surface area contributed by atoms with Crippen molar-refractivity contribution in [2.75, 3.05) is 18.2 Å². The average Bonchev–Trinajstić information content (AvgIpc) is 2.69. The number of nitrogens with zero attached hydrogens (tertiary/aromatic N) is 3. The number of rotatable bonds is 3. The zero-order valence-electron chi connectivity index (χ0n) is 11.4. The molecule has 1 aliphatic rings. The SMILES string of the molecule is CCC1(C)CCSC(Nc2cc(OC)n(C)n2)=N1. The lowest BCUT2D eigenvalue weighted by atomic mass is 9.97. The van der Waals surface area contributed by atoms with Gasteiger partial charge in [-0.2, -0.15) is 5.10 Å². The normalized spacial score (nSPS) is 23.7. The minimum Gasteiger partial charge on any atom is -0.481 e. The maximum atomic E-state index is 5.19. The van der Waals surface area contributed by atoms with Crippen LogP contribution in [0, 0.1) is 0 Å². The molecular formula is C12H20N4OS. The molecule has 1 aromatic rings. The monoisotopic (exact) mass is 268 g/mol. The summed E-state index contributed by atoms with van der Waals surface area (Å²) in [5.41, 5.74) is 0.0620. The van der Waals surface area contributed by atoms with E-state index < -0.39 is 0 Å². The van der Waals surface area contributed by atoms with Crippen molar-refractivity contribution in [1.29, 1.82) is 0 Å². The van der Waals surface area contributed by atoms with E-state index in [1.54, 1.807) is 23.6 Å². The molecule has 1 aliphatic heterocycles. The smallest absolute Gasteiger partial charge is 0.213 e. The number of hydrogen-bond acceptors (Lipinski definition) is 5. The molecule has 2 heterocycles. The van der Waals surface area contributed by atoms with Crippen LogP contribution in [0.1, 0.15) is 26.7 Å². The van der Waals surface area contributed by atoms with Crippen LogP contribution < -0.4 is 10.1 Å². The van der Waals surface area contributed by atoms with Gasteiger partial charge in [-0.3, -0.25) is 4.99 Å². The number of amidine groups is 1. The van der Waals surface area contributed by atoms with Gasteiger partial charge in [0.15, 0.2) is 11.0 Å². The van der Waals surface area contributed by atoms with E-state index in [1.165, 1.54) is 0 Å². The van der Waals surface area contributed by atoms with Gasteiger partial charge < -0.3 is 10.1 Å². The van der Waals surface area contributed by atoms with Gasteiger partial charge in [-0.15, -0.1) is 0 Å². The summed E-state index contributed by atoms with van der Waals surface area (Å²) in [6.45, 7) is 4.38. The van der Waals surface area contributed by atoms with Gasteiger partial charge in [0.2, 0.25) is 5.88 Å². The highest BCUT2D eigenvalue weighted by Crippen LogP contribution is 2.30. The molecule has 18 heavy (non-hydrogen) atoms. The first-order chi connectivity index (χ1) is 8.56. The van der Waals surface area contributed by atoms with Gasteiger partial charge in [-0.1, -0.05) is 18.7 Å². The highest BCUT2D eigenvalue weighted by atomic mass is 32.2. The van der Waals surface area contributed by atoms with E-state index in [9.17, 15) is 0 Å². The number of hydrogen-bond donors (Lipinski definition) is 1. The van der Waals surface area contributed by atoms with Crippen LogP contribution in [0.15, 0.2) is 11.1 Å². The largest absolute Gasteiger partial charge is 0.481 e. The van der Waals surface area contributed by atoms with Gasteiger partial charge in [-0.25, -0.2) is 4.68 Å². The second-order valence-corrected chi connectivity index (χ2v) is 5.77. The number of methoxy groups -OCH3 is 1. The van der Waals surface area contributed by atoms with Gasteiger partial charge in [0.1, 0.15) is 0 Å². The quantitative estimate of drug-likeness (QED) is 0.915. The van der Waals surface area contributed by atoms with Crippen LogP contribution in [0.3, 0.4) is 0 Å². The zero-order valence-corrected chi connectivity index (χ0v) is 12.2. The van der Waals surface area contributed by atoms with Crippen LogP contribution in [0.2, 0.25) is 0 Å². The van der Waals surface area contributed by atoms with E-state index >= 15 is 0 Å². The maximum Gasteiger partial charge on any atom is 0.213 e. The standard InChI is InChI=1S/C12H20N4OS/c1-5-12(2)6-7-18-11(14-12)13-9-8-10(17-4)16(3)15-9/h8H,5-7H2,1-4H3,(H,13,14,15). The molecule has 1 unspecified atom stereocenters. The summed E-state index contributed by atoms with van der Waals surface area (Å²) in [5.74, 6) is 2.61. The first-order valence-electron chi connectivity index (χ1n) is 6.14. The third-order valence-corrected chi connectivity index (χ3v) is 4.17. The Bertz CT molecular complexity index is 457. The number of nitrogens with one attached hydrogen (secondary N) is 1. The maximum absolute atomic E-state index is 5.19. The van der Waals surface area contributed by atoms with Crippen LogP contribution in [0.4, 0.5) is 5.82 Å². The molecule has 5 nitrogen and oxygen atoms in total.